The molecule has 0 saturated carbocycles. The minimum absolute atomic E-state index is 0.132. The van der Waals surface area contributed by atoms with E-state index in [9.17, 15) is 4.79 Å². The second-order valence-electron chi connectivity index (χ2n) is 3.66. The molecule has 4 heteroatoms. The summed E-state index contributed by atoms with van der Waals surface area (Å²) in [7, 11) is 0. The quantitative estimate of drug-likeness (QED) is 0.637. The van der Waals surface area contributed by atoms with Crippen molar-refractivity contribution in [3.05, 3.63) is 34.9 Å². The summed E-state index contributed by atoms with van der Waals surface area (Å²) in [4.78, 5) is 11.7. The molecule has 1 amide bonds. The number of benzene rings is 1. The highest BCUT2D eigenvalue weighted by atomic mass is 35.5. The van der Waals surface area contributed by atoms with Crippen molar-refractivity contribution >= 4 is 29.1 Å². The molecular weight excluding hydrogens is 245 g/mol. The van der Waals surface area contributed by atoms with E-state index in [4.69, 9.17) is 23.2 Å². The Morgan fingerprint density at radius 2 is 2.12 bits per heavy atom. The van der Waals surface area contributed by atoms with E-state index >= 15 is 0 Å². The summed E-state index contributed by atoms with van der Waals surface area (Å²) in [5.41, 5.74) is 0.517. The van der Waals surface area contributed by atoms with Gasteiger partial charge in [0.15, 0.2) is 0 Å². The average molecular weight is 260 g/mol. The molecule has 0 aliphatic carbocycles. The highest BCUT2D eigenvalue weighted by Gasteiger charge is 2.08. The lowest BCUT2D eigenvalue weighted by atomic mass is 10.2. The lowest BCUT2D eigenvalue weighted by Crippen LogP contribution is -2.25. The Kier molecular flexibility index (Phi) is 5.64. The minimum Gasteiger partial charge on any atom is -0.352 e. The summed E-state index contributed by atoms with van der Waals surface area (Å²) < 4.78 is 0. The first-order chi connectivity index (χ1) is 7.61. The zero-order chi connectivity index (χ0) is 12.0. The van der Waals surface area contributed by atoms with E-state index in [2.05, 4.69) is 5.32 Å². The van der Waals surface area contributed by atoms with Crippen molar-refractivity contribution in [2.75, 3.05) is 6.54 Å². The van der Waals surface area contributed by atoms with Gasteiger partial charge in [-0.3, -0.25) is 4.79 Å². The topological polar surface area (TPSA) is 29.1 Å². The zero-order valence-corrected chi connectivity index (χ0v) is 10.7. The minimum atomic E-state index is -0.132. The number of carbonyl (C=O) groups excluding carboxylic acids is 1. The fourth-order valence-corrected chi connectivity index (χ4v) is 1.70. The smallest absolute Gasteiger partial charge is 0.252 e. The summed E-state index contributed by atoms with van der Waals surface area (Å²) in [5, 5.41) is 3.44. The maximum Gasteiger partial charge on any atom is 0.252 e. The van der Waals surface area contributed by atoms with Gasteiger partial charge in [-0.1, -0.05) is 23.7 Å². The second-order valence-corrected chi connectivity index (χ2v) is 4.81. The van der Waals surface area contributed by atoms with Crippen LogP contribution in [0, 0.1) is 0 Å². The third-order valence-corrected chi connectivity index (χ3v) is 2.73. The Balaban J connectivity index is 2.39. The number of hydrogen-bond donors (Lipinski definition) is 1. The predicted octanol–water partition coefficient (Wildman–Crippen LogP) is 3.48. The molecule has 88 valence electrons. The van der Waals surface area contributed by atoms with Gasteiger partial charge in [-0.2, -0.15) is 0 Å². The number of nitrogens with one attached hydrogen (secondary N) is 1. The molecular formula is C12H15Cl2NO. The van der Waals surface area contributed by atoms with Gasteiger partial charge in [0.05, 0.1) is 10.6 Å². The SMILES string of the molecule is CC(Cl)CCCNC(=O)c1ccccc1Cl. The Morgan fingerprint density at radius 3 is 2.75 bits per heavy atom. The molecule has 1 rings (SSSR count). The summed E-state index contributed by atoms with van der Waals surface area (Å²) in [6, 6.07) is 7.01. The lowest BCUT2D eigenvalue weighted by Gasteiger charge is -2.07. The van der Waals surface area contributed by atoms with E-state index in [0.717, 1.165) is 12.8 Å². The molecule has 1 aromatic rings. The van der Waals surface area contributed by atoms with Crippen LogP contribution >= 0.6 is 23.2 Å². The molecule has 0 fully saturated rings. The number of amides is 1. The maximum atomic E-state index is 11.7. The van der Waals surface area contributed by atoms with Crippen molar-refractivity contribution in [3.8, 4) is 0 Å². The third kappa shape index (κ3) is 4.42. The number of carbonyl (C=O) groups is 1. The number of alkyl halides is 1. The average Bonchev–Trinajstić information content (AvgIpc) is 2.24. The van der Waals surface area contributed by atoms with Crippen LogP contribution in [0.3, 0.4) is 0 Å². The van der Waals surface area contributed by atoms with Gasteiger partial charge in [0, 0.05) is 11.9 Å². The lowest BCUT2D eigenvalue weighted by molar-refractivity contribution is 0.0953. The first kappa shape index (κ1) is 13.3. The molecule has 1 unspecified atom stereocenters. The van der Waals surface area contributed by atoms with Gasteiger partial charge in [0.25, 0.3) is 5.91 Å². The fourth-order valence-electron chi connectivity index (χ4n) is 1.33. The normalized spacial score (nSPS) is 12.2. The molecule has 0 saturated heterocycles. The summed E-state index contributed by atoms with van der Waals surface area (Å²) in [6.45, 7) is 2.57. The van der Waals surface area contributed by atoms with Crippen LogP contribution < -0.4 is 5.32 Å². The van der Waals surface area contributed by atoms with Crippen LogP contribution in [0.1, 0.15) is 30.1 Å². The van der Waals surface area contributed by atoms with E-state index in [0.29, 0.717) is 17.1 Å². The monoisotopic (exact) mass is 259 g/mol. The Labute approximate surface area is 106 Å². The molecule has 16 heavy (non-hydrogen) atoms. The van der Waals surface area contributed by atoms with Crippen molar-refractivity contribution in [2.24, 2.45) is 0 Å². The predicted molar refractivity (Wildman–Crippen MR) is 68.3 cm³/mol. The summed E-state index contributed by atoms with van der Waals surface area (Å²) in [5.74, 6) is -0.132. The summed E-state index contributed by atoms with van der Waals surface area (Å²) in [6.07, 6.45) is 1.77. The zero-order valence-electron chi connectivity index (χ0n) is 9.17. The first-order valence-corrected chi connectivity index (χ1v) is 6.09. The first-order valence-electron chi connectivity index (χ1n) is 5.28. The van der Waals surface area contributed by atoms with Crippen molar-refractivity contribution in [2.45, 2.75) is 25.1 Å². The molecule has 0 radical (unpaired) electrons. The summed E-state index contributed by atoms with van der Waals surface area (Å²) >= 11 is 11.7. The van der Waals surface area contributed by atoms with Gasteiger partial charge < -0.3 is 5.32 Å². The van der Waals surface area contributed by atoms with Gasteiger partial charge in [-0.05, 0) is 31.9 Å². The maximum absolute atomic E-state index is 11.7. The van der Waals surface area contributed by atoms with Crippen molar-refractivity contribution in [3.63, 3.8) is 0 Å². The van der Waals surface area contributed by atoms with E-state index in [1.165, 1.54) is 0 Å². The van der Waals surface area contributed by atoms with E-state index in [1.54, 1.807) is 24.3 Å². The van der Waals surface area contributed by atoms with Crippen LogP contribution in [0.15, 0.2) is 24.3 Å². The molecule has 1 N–H and O–H groups in total. The molecule has 1 aromatic carbocycles. The standard InChI is InChI=1S/C12H15Cl2NO/c1-9(13)5-4-8-15-12(16)10-6-2-3-7-11(10)14/h2-3,6-7,9H,4-5,8H2,1H3,(H,15,16). The van der Waals surface area contributed by atoms with Crippen LogP contribution in [0.5, 0.6) is 0 Å². The van der Waals surface area contributed by atoms with Gasteiger partial charge >= 0.3 is 0 Å². The van der Waals surface area contributed by atoms with Gasteiger partial charge in [0.2, 0.25) is 0 Å². The van der Waals surface area contributed by atoms with Crippen LogP contribution in [0.4, 0.5) is 0 Å². The highest BCUT2D eigenvalue weighted by Crippen LogP contribution is 2.14. The van der Waals surface area contributed by atoms with Crippen molar-refractivity contribution in [1.82, 2.24) is 5.32 Å². The highest BCUT2D eigenvalue weighted by molar-refractivity contribution is 6.33. The molecule has 0 aliphatic rings. The van der Waals surface area contributed by atoms with Crippen LogP contribution in [0.2, 0.25) is 5.02 Å². The van der Waals surface area contributed by atoms with Gasteiger partial charge in [-0.25, -0.2) is 0 Å². The van der Waals surface area contributed by atoms with Gasteiger partial charge in [0.1, 0.15) is 0 Å². The van der Waals surface area contributed by atoms with Crippen LogP contribution in [-0.2, 0) is 0 Å². The molecule has 0 heterocycles. The molecule has 0 bridgehead atoms. The molecule has 2 nitrogen and oxygen atoms in total. The molecule has 0 aromatic heterocycles. The van der Waals surface area contributed by atoms with E-state index < -0.39 is 0 Å². The molecule has 0 spiro atoms. The van der Waals surface area contributed by atoms with Crippen molar-refractivity contribution < 1.29 is 4.79 Å². The number of hydrogen-bond acceptors (Lipinski definition) is 1. The Hall–Kier alpha value is -0.730. The van der Waals surface area contributed by atoms with E-state index in [1.807, 2.05) is 6.92 Å². The number of halogens is 2. The fraction of sp³-hybridized carbons (Fsp3) is 0.417. The van der Waals surface area contributed by atoms with Crippen LogP contribution in [0.25, 0.3) is 0 Å². The third-order valence-electron chi connectivity index (χ3n) is 2.18. The Bertz CT molecular complexity index is 353. The number of rotatable bonds is 5. The molecule has 1 atom stereocenters. The van der Waals surface area contributed by atoms with Gasteiger partial charge in [-0.15, -0.1) is 11.6 Å². The Morgan fingerprint density at radius 1 is 1.44 bits per heavy atom. The van der Waals surface area contributed by atoms with E-state index in [-0.39, 0.29) is 11.3 Å². The van der Waals surface area contributed by atoms with Crippen LogP contribution in [-0.4, -0.2) is 17.8 Å². The molecule has 0 aliphatic heterocycles. The van der Waals surface area contributed by atoms with Crippen molar-refractivity contribution in [1.29, 1.82) is 0 Å². The largest absolute Gasteiger partial charge is 0.352 e. The second kappa shape index (κ2) is 6.77.